The third-order valence-corrected chi connectivity index (χ3v) is 2.68. The zero-order chi connectivity index (χ0) is 12.4. The van der Waals surface area contributed by atoms with Gasteiger partial charge in [0, 0.05) is 12.0 Å². The van der Waals surface area contributed by atoms with E-state index in [-0.39, 0.29) is 12.0 Å². The Hall–Kier alpha value is -1.68. The fourth-order valence-corrected chi connectivity index (χ4v) is 1.76. The summed E-state index contributed by atoms with van der Waals surface area (Å²) in [7, 11) is 0. The molecule has 0 fully saturated rings. The van der Waals surface area contributed by atoms with Crippen LogP contribution in [-0.4, -0.2) is 5.11 Å². The largest absolute Gasteiger partial charge is 0.469 e. The third-order valence-electron chi connectivity index (χ3n) is 2.68. The summed E-state index contributed by atoms with van der Waals surface area (Å²) in [5, 5.41) is 9.91. The average Bonchev–Trinajstić information content (AvgIpc) is 2.70. The molecule has 0 bridgehead atoms. The van der Waals surface area contributed by atoms with Crippen LogP contribution in [0.5, 0.6) is 0 Å². The van der Waals surface area contributed by atoms with Crippen molar-refractivity contribution >= 4 is 0 Å². The molecular formula is C13H12F2O2. The Morgan fingerprint density at radius 3 is 2.71 bits per heavy atom. The number of furan rings is 1. The zero-order valence-electron chi connectivity index (χ0n) is 9.28. The minimum Gasteiger partial charge on any atom is -0.469 e. The highest BCUT2D eigenvalue weighted by Gasteiger charge is 2.15. The summed E-state index contributed by atoms with van der Waals surface area (Å²) in [5.41, 5.74) is 0.742. The first-order chi connectivity index (χ1) is 8.08. The van der Waals surface area contributed by atoms with E-state index in [1.165, 1.54) is 6.26 Å². The number of hydrogen-bond donors (Lipinski definition) is 1. The summed E-state index contributed by atoms with van der Waals surface area (Å²) in [5.74, 6) is -0.460. The maximum Gasteiger partial charge on any atom is 0.126 e. The van der Waals surface area contributed by atoms with Gasteiger partial charge in [-0.25, -0.2) is 8.78 Å². The van der Waals surface area contributed by atoms with Gasteiger partial charge in [-0.1, -0.05) is 0 Å². The molecule has 0 spiro atoms. The molecule has 0 aliphatic carbocycles. The summed E-state index contributed by atoms with van der Waals surface area (Å²) in [6.45, 7) is 1.71. The lowest BCUT2D eigenvalue weighted by atomic mass is 10.0. The van der Waals surface area contributed by atoms with E-state index in [2.05, 4.69) is 0 Å². The standard InChI is InChI=1S/C13H12F2O2/c1-8-11(4-5-17-8)13(16)7-9-6-10(14)2-3-12(9)15/h2-6,13,16H,7H2,1H3. The van der Waals surface area contributed by atoms with Crippen molar-refractivity contribution in [3.63, 3.8) is 0 Å². The number of halogens is 2. The van der Waals surface area contributed by atoms with Gasteiger partial charge in [-0.05, 0) is 36.8 Å². The van der Waals surface area contributed by atoms with Gasteiger partial charge in [-0.2, -0.15) is 0 Å². The van der Waals surface area contributed by atoms with Crippen molar-refractivity contribution in [3.8, 4) is 0 Å². The van der Waals surface area contributed by atoms with Crippen LogP contribution in [0, 0.1) is 18.6 Å². The number of benzene rings is 1. The summed E-state index contributed by atoms with van der Waals surface area (Å²) >= 11 is 0. The molecule has 1 unspecified atom stereocenters. The molecule has 0 aliphatic rings. The van der Waals surface area contributed by atoms with Crippen molar-refractivity contribution in [2.24, 2.45) is 0 Å². The van der Waals surface area contributed by atoms with E-state index >= 15 is 0 Å². The molecule has 1 aromatic carbocycles. The molecule has 1 heterocycles. The Morgan fingerprint density at radius 1 is 1.29 bits per heavy atom. The van der Waals surface area contributed by atoms with Crippen molar-refractivity contribution in [2.75, 3.05) is 0 Å². The molecule has 2 rings (SSSR count). The molecule has 2 nitrogen and oxygen atoms in total. The number of aryl methyl sites for hydroxylation is 1. The molecule has 1 aromatic heterocycles. The molecule has 0 radical (unpaired) electrons. The van der Waals surface area contributed by atoms with E-state index in [1.807, 2.05) is 0 Å². The minimum absolute atomic E-state index is 0.0178. The van der Waals surface area contributed by atoms with Crippen LogP contribution in [0.2, 0.25) is 0 Å². The lowest BCUT2D eigenvalue weighted by Crippen LogP contribution is -2.04. The van der Waals surface area contributed by atoms with Gasteiger partial charge in [0.05, 0.1) is 12.4 Å². The normalized spacial score (nSPS) is 12.7. The predicted molar refractivity (Wildman–Crippen MR) is 58.5 cm³/mol. The van der Waals surface area contributed by atoms with E-state index in [0.717, 1.165) is 18.2 Å². The Kier molecular flexibility index (Phi) is 3.24. The monoisotopic (exact) mass is 238 g/mol. The van der Waals surface area contributed by atoms with E-state index in [9.17, 15) is 13.9 Å². The zero-order valence-corrected chi connectivity index (χ0v) is 9.28. The van der Waals surface area contributed by atoms with Gasteiger partial charge in [0.2, 0.25) is 0 Å². The highest BCUT2D eigenvalue weighted by Crippen LogP contribution is 2.23. The molecule has 1 N–H and O–H groups in total. The molecule has 0 aliphatic heterocycles. The number of rotatable bonds is 3. The topological polar surface area (TPSA) is 33.4 Å². The van der Waals surface area contributed by atoms with Crippen LogP contribution in [0.25, 0.3) is 0 Å². The Bertz CT molecular complexity index is 520. The fourth-order valence-electron chi connectivity index (χ4n) is 1.76. The molecule has 0 saturated carbocycles. The smallest absolute Gasteiger partial charge is 0.126 e. The molecule has 0 saturated heterocycles. The van der Waals surface area contributed by atoms with E-state index in [0.29, 0.717) is 11.3 Å². The summed E-state index contributed by atoms with van der Waals surface area (Å²) < 4.78 is 31.4. The van der Waals surface area contributed by atoms with Crippen LogP contribution in [-0.2, 0) is 6.42 Å². The summed E-state index contributed by atoms with van der Waals surface area (Å²) in [4.78, 5) is 0. The third kappa shape index (κ3) is 2.53. The van der Waals surface area contributed by atoms with Crippen molar-refractivity contribution in [2.45, 2.75) is 19.4 Å². The van der Waals surface area contributed by atoms with E-state index in [1.54, 1.807) is 13.0 Å². The van der Waals surface area contributed by atoms with Crippen LogP contribution >= 0.6 is 0 Å². The van der Waals surface area contributed by atoms with Crippen molar-refractivity contribution in [3.05, 3.63) is 59.1 Å². The van der Waals surface area contributed by atoms with Gasteiger partial charge in [0.1, 0.15) is 17.4 Å². The second-order valence-electron chi connectivity index (χ2n) is 3.89. The second-order valence-corrected chi connectivity index (χ2v) is 3.89. The SMILES string of the molecule is Cc1occc1C(O)Cc1cc(F)ccc1F. The summed E-state index contributed by atoms with van der Waals surface area (Å²) in [6, 6.07) is 4.82. The van der Waals surface area contributed by atoms with Gasteiger partial charge in [-0.15, -0.1) is 0 Å². The van der Waals surface area contributed by atoms with Crippen molar-refractivity contribution in [1.82, 2.24) is 0 Å². The first-order valence-corrected chi connectivity index (χ1v) is 5.24. The van der Waals surface area contributed by atoms with Gasteiger partial charge in [-0.3, -0.25) is 0 Å². The quantitative estimate of drug-likeness (QED) is 0.891. The summed E-state index contributed by atoms with van der Waals surface area (Å²) in [6.07, 6.45) is 0.574. The van der Waals surface area contributed by atoms with Crippen molar-refractivity contribution in [1.29, 1.82) is 0 Å². The molecule has 2 aromatic rings. The van der Waals surface area contributed by atoms with Gasteiger partial charge < -0.3 is 9.52 Å². The Morgan fingerprint density at radius 2 is 2.06 bits per heavy atom. The minimum atomic E-state index is -0.898. The van der Waals surface area contributed by atoms with Crippen LogP contribution in [0.4, 0.5) is 8.78 Å². The van der Waals surface area contributed by atoms with Crippen LogP contribution in [0.1, 0.15) is 23.0 Å². The maximum absolute atomic E-state index is 13.4. The van der Waals surface area contributed by atoms with Gasteiger partial charge in [0.25, 0.3) is 0 Å². The second kappa shape index (κ2) is 4.67. The number of hydrogen-bond acceptors (Lipinski definition) is 2. The lowest BCUT2D eigenvalue weighted by Gasteiger charge is -2.10. The van der Waals surface area contributed by atoms with Crippen LogP contribution in [0.3, 0.4) is 0 Å². The molecule has 1 atom stereocenters. The molecule has 17 heavy (non-hydrogen) atoms. The fraction of sp³-hybridized carbons (Fsp3) is 0.231. The van der Waals surface area contributed by atoms with Crippen molar-refractivity contribution < 1.29 is 18.3 Å². The lowest BCUT2D eigenvalue weighted by molar-refractivity contribution is 0.175. The number of aliphatic hydroxyl groups is 1. The number of aliphatic hydroxyl groups excluding tert-OH is 1. The maximum atomic E-state index is 13.4. The van der Waals surface area contributed by atoms with Gasteiger partial charge in [0.15, 0.2) is 0 Å². The highest BCUT2D eigenvalue weighted by molar-refractivity contribution is 5.24. The first-order valence-electron chi connectivity index (χ1n) is 5.24. The Labute approximate surface area is 97.5 Å². The van der Waals surface area contributed by atoms with E-state index in [4.69, 9.17) is 4.42 Å². The van der Waals surface area contributed by atoms with Crippen LogP contribution in [0.15, 0.2) is 34.9 Å². The van der Waals surface area contributed by atoms with Gasteiger partial charge >= 0.3 is 0 Å². The molecule has 4 heteroatoms. The molecule has 0 amide bonds. The highest BCUT2D eigenvalue weighted by atomic mass is 19.1. The average molecular weight is 238 g/mol. The first kappa shape index (κ1) is 11.8. The van der Waals surface area contributed by atoms with Crippen LogP contribution < -0.4 is 0 Å². The Balaban J connectivity index is 2.21. The molecular weight excluding hydrogens is 226 g/mol. The molecule has 90 valence electrons. The van der Waals surface area contributed by atoms with E-state index < -0.39 is 17.7 Å². The predicted octanol–water partition coefficient (Wildman–Crippen LogP) is 3.14.